The van der Waals surface area contributed by atoms with Crippen molar-refractivity contribution in [2.45, 2.75) is 24.5 Å². The monoisotopic (exact) mass is 391 g/mol. The van der Waals surface area contributed by atoms with Gasteiger partial charge in [0.05, 0.1) is 17.3 Å². The average Bonchev–Trinajstić information content (AvgIpc) is 2.54. The summed E-state index contributed by atoms with van der Waals surface area (Å²) in [5.74, 6) is -0.843. The van der Waals surface area contributed by atoms with E-state index in [0.717, 1.165) is 0 Å². The van der Waals surface area contributed by atoms with Crippen LogP contribution in [0, 0.1) is 0 Å². The molecule has 1 heterocycles. The molecule has 0 saturated heterocycles. The van der Waals surface area contributed by atoms with Crippen molar-refractivity contribution >= 4 is 29.3 Å². The van der Waals surface area contributed by atoms with Gasteiger partial charge in [0.15, 0.2) is 10.9 Å². The summed E-state index contributed by atoms with van der Waals surface area (Å²) in [5.41, 5.74) is 0.628. The van der Waals surface area contributed by atoms with Gasteiger partial charge >= 0.3 is 6.36 Å². The van der Waals surface area contributed by atoms with E-state index in [9.17, 15) is 18.0 Å². The van der Waals surface area contributed by atoms with Gasteiger partial charge in [0.1, 0.15) is 5.75 Å². The minimum absolute atomic E-state index is 0.0323. The Balaban J connectivity index is 2.08. The van der Waals surface area contributed by atoms with Crippen LogP contribution in [0.1, 0.15) is 29.0 Å². The lowest BCUT2D eigenvalue weighted by atomic mass is 10.1. The van der Waals surface area contributed by atoms with Crippen molar-refractivity contribution < 1.29 is 22.7 Å². The minimum Gasteiger partial charge on any atom is -0.406 e. The average molecular weight is 392 g/mol. The summed E-state index contributed by atoms with van der Waals surface area (Å²) in [6.07, 6.45) is -1.65. The number of halogens is 4. The summed E-state index contributed by atoms with van der Waals surface area (Å²) in [4.78, 5) is 20.3. The van der Waals surface area contributed by atoms with E-state index in [-0.39, 0.29) is 16.5 Å². The molecule has 2 aromatic rings. The second kappa shape index (κ2) is 7.92. The summed E-state index contributed by atoms with van der Waals surface area (Å²) in [6, 6.07) is 4.74. The maximum atomic E-state index is 12.3. The first-order valence-electron chi connectivity index (χ1n) is 6.92. The predicted molar refractivity (Wildman–Crippen MR) is 87.8 cm³/mol. The summed E-state index contributed by atoms with van der Waals surface area (Å²) < 4.78 is 40.3. The molecule has 1 atom stereocenters. The van der Waals surface area contributed by atoms with Crippen LogP contribution < -0.4 is 10.1 Å². The molecule has 0 bridgehead atoms. The molecule has 1 aromatic carbocycles. The fourth-order valence-corrected chi connectivity index (χ4v) is 2.43. The number of alkyl halides is 3. The molecule has 1 amide bonds. The molecule has 0 fully saturated rings. The summed E-state index contributed by atoms with van der Waals surface area (Å²) >= 11 is 7.21. The van der Waals surface area contributed by atoms with Gasteiger partial charge in [0.25, 0.3) is 5.91 Å². The van der Waals surface area contributed by atoms with Gasteiger partial charge in [-0.25, -0.2) is 9.97 Å². The van der Waals surface area contributed by atoms with Crippen LogP contribution in [0.2, 0.25) is 5.02 Å². The summed E-state index contributed by atoms with van der Waals surface area (Å²) in [7, 11) is 0. The standard InChI is InChI=1S/C15H13ClF3N3O2S/c1-8(9-3-5-10(6-4-9)24-15(17,18)19)21-13(23)12-11(16)7-20-14(22-12)25-2/h3-8H,1-2H3,(H,21,23). The lowest BCUT2D eigenvalue weighted by molar-refractivity contribution is -0.274. The van der Waals surface area contributed by atoms with Crippen molar-refractivity contribution in [3.8, 4) is 5.75 Å². The quantitative estimate of drug-likeness (QED) is 0.610. The zero-order valence-corrected chi connectivity index (χ0v) is 14.7. The van der Waals surface area contributed by atoms with Crippen LogP contribution in [0.25, 0.3) is 0 Å². The van der Waals surface area contributed by atoms with Crippen LogP contribution in [0.5, 0.6) is 5.75 Å². The number of amides is 1. The van der Waals surface area contributed by atoms with Gasteiger partial charge in [-0.3, -0.25) is 4.79 Å². The van der Waals surface area contributed by atoms with Crippen molar-refractivity contribution in [3.05, 3.63) is 46.7 Å². The zero-order chi connectivity index (χ0) is 18.6. The third-order valence-corrected chi connectivity index (χ3v) is 3.92. The highest BCUT2D eigenvalue weighted by Gasteiger charge is 2.31. The molecule has 0 radical (unpaired) electrons. The molecule has 1 aromatic heterocycles. The fourth-order valence-electron chi connectivity index (χ4n) is 1.92. The first kappa shape index (κ1) is 19.3. The highest BCUT2D eigenvalue weighted by Crippen LogP contribution is 2.25. The molecule has 0 spiro atoms. The van der Waals surface area contributed by atoms with Crippen LogP contribution in [-0.4, -0.2) is 28.5 Å². The van der Waals surface area contributed by atoms with Gasteiger partial charge in [-0.15, -0.1) is 13.2 Å². The molecule has 0 saturated carbocycles. The van der Waals surface area contributed by atoms with Crippen molar-refractivity contribution in [2.24, 2.45) is 0 Å². The Kier molecular flexibility index (Phi) is 6.12. The van der Waals surface area contributed by atoms with E-state index in [2.05, 4.69) is 20.0 Å². The Bertz CT molecular complexity index is 757. The number of aromatic nitrogens is 2. The van der Waals surface area contributed by atoms with E-state index < -0.39 is 18.3 Å². The highest BCUT2D eigenvalue weighted by atomic mass is 35.5. The number of rotatable bonds is 5. The Morgan fingerprint density at radius 3 is 2.52 bits per heavy atom. The Hall–Kier alpha value is -2.00. The van der Waals surface area contributed by atoms with Crippen molar-refractivity contribution in [1.29, 1.82) is 0 Å². The van der Waals surface area contributed by atoms with Gasteiger partial charge in [0, 0.05) is 0 Å². The predicted octanol–water partition coefficient (Wildman–Crippen LogP) is 4.24. The third kappa shape index (κ3) is 5.50. The van der Waals surface area contributed by atoms with E-state index >= 15 is 0 Å². The molecule has 0 aliphatic carbocycles. The number of thioether (sulfide) groups is 1. The molecule has 25 heavy (non-hydrogen) atoms. The second-order valence-corrected chi connectivity index (χ2v) is 6.05. The smallest absolute Gasteiger partial charge is 0.406 e. The van der Waals surface area contributed by atoms with Crippen LogP contribution >= 0.6 is 23.4 Å². The Labute approximate surface area is 151 Å². The Morgan fingerprint density at radius 2 is 1.96 bits per heavy atom. The molecule has 134 valence electrons. The van der Waals surface area contributed by atoms with Crippen LogP contribution in [0.4, 0.5) is 13.2 Å². The molecule has 5 nitrogen and oxygen atoms in total. The number of nitrogens with zero attached hydrogens (tertiary/aromatic N) is 2. The van der Waals surface area contributed by atoms with Crippen molar-refractivity contribution in [1.82, 2.24) is 15.3 Å². The molecule has 10 heteroatoms. The second-order valence-electron chi connectivity index (χ2n) is 4.87. The topological polar surface area (TPSA) is 64.1 Å². The van der Waals surface area contributed by atoms with E-state index in [4.69, 9.17) is 11.6 Å². The summed E-state index contributed by atoms with van der Waals surface area (Å²) in [5, 5.41) is 3.19. The largest absolute Gasteiger partial charge is 0.573 e. The highest BCUT2D eigenvalue weighted by molar-refractivity contribution is 7.98. The molecule has 0 aliphatic heterocycles. The van der Waals surface area contributed by atoms with Gasteiger partial charge in [-0.1, -0.05) is 35.5 Å². The van der Waals surface area contributed by atoms with Gasteiger partial charge in [-0.2, -0.15) is 0 Å². The van der Waals surface area contributed by atoms with E-state index in [1.807, 2.05) is 0 Å². The number of nitrogens with one attached hydrogen (secondary N) is 1. The van der Waals surface area contributed by atoms with Crippen molar-refractivity contribution in [2.75, 3.05) is 6.26 Å². The lowest BCUT2D eigenvalue weighted by Crippen LogP contribution is -2.28. The van der Waals surface area contributed by atoms with Crippen LogP contribution in [0.3, 0.4) is 0 Å². The molecule has 2 rings (SSSR count). The number of carbonyl (C=O) groups excluding carboxylic acids is 1. The first-order chi connectivity index (χ1) is 11.7. The summed E-state index contributed by atoms with van der Waals surface area (Å²) in [6.45, 7) is 1.68. The first-order valence-corrected chi connectivity index (χ1v) is 8.53. The normalized spacial score (nSPS) is 12.6. The minimum atomic E-state index is -4.75. The molecular weight excluding hydrogens is 379 g/mol. The maximum absolute atomic E-state index is 12.3. The molecule has 1 unspecified atom stereocenters. The third-order valence-electron chi connectivity index (χ3n) is 3.08. The van der Waals surface area contributed by atoms with Crippen LogP contribution in [0.15, 0.2) is 35.6 Å². The number of carbonyl (C=O) groups is 1. The SMILES string of the molecule is CSc1ncc(Cl)c(C(=O)NC(C)c2ccc(OC(F)(F)F)cc2)n1. The van der Waals surface area contributed by atoms with Gasteiger partial charge in [0.2, 0.25) is 0 Å². The van der Waals surface area contributed by atoms with Crippen LogP contribution in [-0.2, 0) is 0 Å². The lowest BCUT2D eigenvalue weighted by Gasteiger charge is -2.15. The van der Waals surface area contributed by atoms with E-state index in [0.29, 0.717) is 10.7 Å². The van der Waals surface area contributed by atoms with E-state index in [1.165, 1.54) is 42.2 Å². The molecule has 0 aliphatic rings. The van der Waals surface area contributed by atoms with Crippen molar-refractivity contribution in [3.63, 3.8) is 0 Å². The number of hydrogen-bond donors (Lipinski definition) is 1. The zero-order valence-electron chi connectivity index (χ0n) is 13.1. The molecular formula is C15H13ClF3N3O2S. The van der Waals surface area contributed by atoms with Gasteiger partial charge in [-0.05, 0) is 30.9 Å². The number of benzene rings is 1. The van der Waals surface area contributed by atoms with Gasteiger partial charge < -0.3 is 10.1 Å². The number of ether oxygens (including phenoxy) is 1. The van der Waals surface area contributed by atoms with E-state index in [1.54, 1.807) is 13.2 Å². The fraction of sp³-hybridized carbons (Fsp3) is 0.267. The Morgan fingerprint density at radius 1 is 1.32 bits per heavy atom. The number of hydrogen-bond acceptors (Lipinski definition) is 5. The maximum Gasteiger partial charge on any atom is 0.573 e. The molecule has 1 N–H and O–H groups in total.